The second-order valence-electron chi connectivity index (χ2n) is 4.68. The molecule has 4 nitrogen and oxygen atoms in total. The van der Waals surface area contributed by atoms with Crippen molar-refractivity contribution in [2.24, 2.45) is 10.7 Å². The van der Waals surface area contributed by atoms with E-state index in [1.165, 1.54) is 11.1 Å². The number of fused-ring (bicyclic) bond motifs is 1. The van der Waals surface area contributed by atoms with Crippen LogP contribution in [-0.2, 0) is 12.8 Å². The van der Waals surface area contributed by atoms with E-state index in [-0.39, 0.29) is 6.03 Å². The molecule has 0 fully saturated rings. The average Bonchev–Trinajstić information content (AvgIpc) is 2.79. The first kappa shape index (κ1) is 10.3. The maximum absolute atomic E-state index is 11.8. The summed E-state index contributed by atoms with van der Waals surface area (Å²) in [4.78, 5) is 17.5. The summed E-state index contributed by atoms with van der Waals surface area (Å²) in [7, 11) is 0. The van der Waals surface area contributed by atoms with Crippen LogP contribution in [0, 0.1) is 0 Å². The van der Waals surface area contributed by atoms with Crippen LogP contribution in [0.2, 0.25) is 0 Å². The van der Waals surface area contributed by atoms with Crippen LogP contribution < -0.4 is 5.73 Å². The van der Waals surface area contributed by atoms with Crippen LogP contribution in [0.5, 0.6) is 0 Å². The van der Waals surface area contributed by atoms with Crippen molar-refractivity contribution in [3.8, 4) is 0 Å². The molecule has 2 aliphatic rings. The molecule has 0 aromatic heterocycles. The Morgan fingerprint density at radius 2 is 1.94 bits per heavy atom. The lowest BCUT2D eigenvalue weighted by atomic mass is 9.93. The summed E-state index contributed by atoms with van der Waals surface area (Å²) in [5.41, 5.74) is 8.16. The number of hydrogen-bond donors (Lipinski definition) is 1. The van der Waals surface area contributed by atoms with Crippen LogP contribution in [0.3, 0.4) is 0 Å². The van der Waals surface area contributed by atoms with Crippen LogP contribution in [0.15, 0.2) is 29.3 Å². The third kappa shape index (κ3) is 1.24. The zero-order valence-corrected chi connectivity index (χ0v) is 9.81. The van der Waals surface area contributed by atoms with Crippen LogP contribution in [0.25, 0.3) is 0 Å². The number of nitrogens with two attached hydrogens (primary N) is 1. The fourth-order valence-electron chi connectivity index (χ4n) is 2.99. The Labute approximate surface area is 100 Å². The van der Waals surface area contributed by atoms with Crippen molar-refractivity contribution in [2.45, 2.75) is 25.3 Å². The molecule has 0 atom stereocenters. The summed E-state index contributed by atoms with van der Waals surface area (Å²) in [6, 6.07) is 8.07. The lowest BCUT2D eigenvalue weighted by molar-refractivity contribution is 0.179. The number of hydrogen-bond acceptors (Lipinski definition) is 2. The van der Waals surface area contributed by atoms with Gasteiger partial charge in [0.1, 0.15) is 11.4 Å². The maximum Gasteiger partial charge on any atom is 0.346 e. The zero-order chi connectivity index (χ0) is 12.0. The number of carbonyl (C=O) groups excluding carboxylic acids is 1. The summed E-state index contributed by atoms with van der Waals surface area (Å²) in [6.07, 6.45) is 1.58. The molecule has 1 aromatic rings. The van der Waals surface area contributed by atoms with E-state index >= 15 is 0 Å². The molecular formula is C13H15N3O. The van der Waals surface area contributed by atoms with Gasteiger partial charge in [-0.1, -0.05) is 24.3 Å². The highest BCUT2D eigenvalue weighted by Crippen LogP contribution is 2.37. The Bertz CT molecular complexity index is 496. The Morgan fingerprint density at radius 1 is 1.35 bits per heavy atom. The molecule has 2 amide bonds. The second-order valence-corrected chi connectivity index (χ2v) is 4.68. The molecule has 2 N–H and O–H groups in total. The Morgan fingerprint density at radius 3 is 2.47 bits per heavy atom. The molecule has 1 aromatic carbocycles. The first-order valence-electron chi connectivity index (χ1n) is 5.90. The topological polar surface area (TPSA) is 58.7 Å². The minimum atomic E-state index is -0.393. The predicted octanol–water partition coefficient (Wildman–Crippen LogP) is 1.34. The van der Waals surface area contributed by atoms with Gasteiger partial charge < -0.3 is 10.6 Å². The van der Waals surface area contributed by atoms with Crippen LogP contribution >= 0.6 is 0 Å². The van der Waals surface area contributed by atoms with Gasteiger partial charge in [-0.3, -0.25) is 0 Å². The van der Waals surface area contributed by atoms with Gasteiger partial charge in [-0.15, -0.1) is 0 Å². The van der Waals surface area contributed by atoms with Crippen molar-refractivity contribution in [1.82, 2.24) is 4.90 Å². The number of amidine groups is 1. The smallest absolute Gasteiger partial charge is 0.346 e. The number of aliphatic imine (C=N–C) groups is 1. The first-order valence-corrected chi connectivity index (χ1v) is 5.90. The highest BCUT2D eigenvalue weighted by atomic mass is 16.2. The van der Waals surface area contributed by atoms with Crippen molar-refractivity contribution < 1.29 is 4.79 Å². The highest BCUT2D eigenvalue weighted by Gasteiger charge is 2.51. The molecule has 1 heterocycles. The molecule has 17 heavy (non-hydrogen) atoms. The molecular weight excluding hydrogens is 214 g/mol. The second kappa shape index (κ2) is 3.32. The van der Waals surface area contributed by atoms with E-state index in [0.717, 1.165) is 12.8 Å². The molecule has 88 valence electrons. The Balaban J connectivity index is 2.06. The van der Waals surface area contributed by atoms with Crippen molar-refractivity contribution >= 4 is 11.9 Å². The van der Waals surface area contributed by atoms with E-state index in [0.29, 0.717) is 12.4 Å². The third-order valence-electron chi connectivity index (χ3n) is 3.84. The van der Waals surface area contributed by atoms with Crippen molar-refractivity contribution in [3.05, 3.63) is 35.4 Å². The van der Waals surface area contributed by atoms with Crippen molar-refractivity contribution in [1.29, 1.82) is 0 Å². The first-order chi connectivity index (χ1) is 8.17. The van der Waals surface area contributed by atoms with E-state index in [9.17, 15) is 4.79 Å². The van der Waals surface area contributed by atoms with E-state index in [1.54, 1.807) is 4.90 Å². The van der Waals surface area contributed by atoms with Gasteiger partial charge in [-0.25, -0.2) is 4.79 Å². The molecule has 0 bridgehead atoms. The number of rotatable bonds is 1. The van der Waals surface area contributed by atoms with Gasteiger partial charge in [0, 0.05) is 19.4 Å². The molecule has 0 radical (unpaired) electrons. The minimum absolute atomic E-state index is 0.196. The molecule has 4 heteroatoms. The average molecular weight is 229 g/mol. The summed E-state index contributed by atoms with van der Waals surface area (Å²) in [5.74, 6) is 0.473. The summed E-state index contributed by atoms with van der Waals surface area (Å²) >= 11 is 0. The number of urea groups is 1. The fraction of sp³-hybridized carbons (Fsp3) is 0.385. The quantitative estimate of drug-likeness (QED) is 0.790. The summed E-state index contributed by atoms with van der Waals surface area (Å²) < 4.78 is 0. The molecule has 0 saturated carbocycles. The fourth-order valence-corrected chi connectivity index (χ4v) is 2.99. The molecule has 0 saturated heterocycles. The van der Waals surface area contributed by atoms with Gasteiger partial charge in [0.2, 0.25) is 0 Å². The van der Waals surface area contributed by atoms with E-state index in [1.807, 2.05) is 19.1 Å². The predicted molar refractivity (Wildman–Crippen MR) is 66.0 cm³/mol. The lowest BCUT2D eigenvalue weighted by Gasteiger charge is -2.33. The number of likely N-dealkylation sites (N-methyl/N-ethyl adjacent to an activating group) is 1. The maximum atomic E-state index is 11.8. The Kier molecular flexibility index (Phi) is 2.02. The molecule has 1 aliphatic carbocycles. The zero-order valence-electron chi connectivity index (χ0n) is 9.81. The van der Waals surface area contributed by atoms with Gasteiger partial charge in [0.05, 0.1) is 0 Å². The summed E-state index contributed by atoms with van der Waals surface area (Å²) in [6.45, 7) is 2.62. The molecule has 0 unspecified atom stereocenters. The molecule has 1 spiro atoms. The van der Waals surface area contributed by atoms with E-state index in [2.05, 4.69) is 17.1 Å². The summed E-state index contributed by atoms with van der Waals surface area (Å²) in [5, 5.41) is 0. The number of carbonyl (C=O) groups is 1. The molecule has 1 aliphatic heterocycles. The number of nitrogens with zero attached hydrogens (tertiary/aromatic N) is 2. The van der Waals surface area contributed by atoms with Gasteiger partial charge in [0.15, 0.2) is 0 Å². The van der Waals surface area contributed by atoms with Gasteiger partial charge in [-0.2, -0.15) is 4.99 Å². The van der Waals surface area contributed by atoms with Crippen LogP contribution in [0.1, 0.15) is 18.1 Å². The van der Waals surface area contributed by atoms with Gasteiger partial charge in [0.25, 0.3) is 0 Å². The highest BCUT2D eigenvalue weighted by molar-refractivity contribution is 6.06. The monoisotopic (exact) mass is 229 g/mol. The standard InChI is InChI=1S/C13H15N3O/c1-2-16-12(17)15-11(14)13(16)7-9-5-3-4-6-10(9)8-13/h3-6H,2,7-8H2,1H3,(H2,14,15,17). The minimum Gasteiger partial charge on any atom is -0.385 e. The van der Waals surface area contributed by atoms with Crippen molar-refractivity contribution in [2.75, 3.05) is 6.54 Å². The normalized spacial score (nSPS) is 20.9. The number of amides is 2. The van der Waals surface area contributed by atoms with Gasteiger partial charge in [-0.05, 0) is 18.1 Å². The van der Waals surface area contributed by atoms with E-state index in [4.69, 9.17) is 5.73 Å². The van der Waals surface area contributed by atoms with Gasteiger partial charge >= 0.3 is 6.03 Å². The van der Waals surface area contributed by atoms with E-state index < -0.39 is 5.54 Å². The molecule has 3 rings (SSSR count). The Hall–Kier alpha value is -1.84. The van der Waals surface area contributed by atoms with Crippen molar-refractivity contribution in [3.63, 3.8) is 0 Å². The third-order valence-corrected chi connectivity index (χ3v) is 3.84. The van der Waals surface area contributed by atoms with Crippen LogP contribution in [-0.4, -0.2) is 28.9 Å². The lowest BCUT2D eigenvalue weighted by Crippen LogP contribution is -2.54. The largest absolute Gasteiger partial charge is 0.385 e. The SMILES string of the molecule is CCN1C(=O)N=C(N)C12Cc1ccccc1C2. The van der Waals surface area contributed by atoms with Crippen LogP contribution in [0.4, 0.5) is 4.79 Å². The number of benzene rings is 1.